The standard InChI is InChI=1S/C21H21F4IO4/c22-15-17(24)20(18(25)16(23)19(15)26)30-12-6-4-2-1-3-5-11-29-14-9-7-13(8-10-14)21(27)28/h7-10H,1-6,11-12H2,(H,27,28). The Bertz CT molecular complexity index is 830. The predicted octanol–water partition coefficient (Wildman–Crippen LogP) is 6.34. The van der Waals surface area contributed by atoms with Crippen molar-refractivity contribution in [3.05, 3.63) is 56.7 Å². The van der Waals surface area contributed by atoms with Crippen LogP contribution in [0.1, 0.15) is 48.9 Å². The van der Waals surface area contributed by atoms with Crippen molar-refractivity contribution < 1.29 is 36.9 Å². The number of benzene rings is 2. The zero-order chi connectivity index (χ0) is 22.1. The summed E-state index contributed by atoms with van der Waals surface area (Å²) in [7, 11) is 0. The molecule has 9 heteroatoms. The molecule has 0 aliphatic rings. The molecular weight excluding hydrogens is 519 g/mol. The monoisotopic (exact) mass is 540 g/mol. The quantitative estimate of drug-likeness (QED) is 0.112. The van der Waals surface area contributed by atoms with Gasteiger partial charge < -0.3 is 14.6 Å². The number of carboxylic acids is 1. The Morgan fingerprint density at radius 2 is 1.23 bits per heavy atom. The first-order chi connectivity index (χ1) is 14.3. The van der Waals surface area contributed by atoms with Gasteiger partial charge in [-0.15, -0.1) is 0 Å². The number of unbranched alkanes of at least 4 members (excludes halogenated alkanes) is 5. The van der Waals surface area contributed by atoms with Gasteiger partial charge in [-0.05, 0) is 59.7 Å². The minimum absolute atomic E-state index is 0.0389. The molecule has 0 fully saturated rings. The molecule has 0 amide bonds. The van der Waals surface area contributed by atoms with Crippen LogP contribution in [0.25, 0.3) is 0 Å². The van der Waals surface area contributed by atoms with Crippen LogP contribution < -0.4 is 9.47 Å². The third kappa shape index (κ3) is 6.75. The number of carbonyl (C=O) groups is 1. The average Bonchev–Trinajstić information content (AvgIpc) is 2.74. The molecule has 0 aliphatic heterocycles. The molecule has 1 N–H and O–H groups in total. The Balaban J connectivity index is 1.56. The summed E-state index contributed by atoms with van der Waals surface area (Å²) in [5.41, 5.74) is 0.203. The van der Waals surface area contributed by atoms with E-state index in [9.17, 15) is 22.4 Å². The third-order valence-electron chi connectivity index (χ3n) is 4.32. The van der Waals surface area contributed by atoms with Crippen LogP contribution in [0.4, 0.5) is 17.6 Å². The van der Waals surface area contributed by atoms with Crippen LogP contribution in [0.2, 0.25) is 0 Å². The number of carboxylic acid groups (broad SMARTS) is 1. The van der Waals surface area contributed by atoms with Gasteiger partial charge in [0.1, 0.15) is 5.75 Å². The van der Waals surface area contributed by atoms with E-state index in [2.05, 4.69) is 0 Å². The largest absolute Gasteiger partial charge is 0.494 e. The first-order valence-electron chi connectivity index (χ1n) is 9.43. The van der Waals surface area contributed by atoms with Crippen molar-refractivity contribution in [2.75, 3.05) is 13.2 Å². The molecule has 0 unspecified atom stereocenters. The molecule has 30 heavy (non-hydrogen) atoms. The summed E-state index contributed by atoms with van der Waals surface area (Å²) in [6.07, 6.45) is 4.80. The van der Waals surface area contributed by atoms with E-state index in [1.165, 1.54) is 34.7 Å². The second-order valence-corrected chi connectivity index (χ2v) is 7.63. The molecule has 0 heterocycles. The summed E-state index contributed by atoms with van der Waals surface area (Å²) in [5.74, 6) is -7.33. The van der Waals surface area contributed by atoms with Gasteiger partial charge in [0.2, 0.25) is 11.6 Å². The normalized spacial score (nSPS) is 10.8. The molecule has 0 bridgehead atoms. The maximum atomic E-state index is 13.7. The summed E-state index contributed by atoms with van der Waals surface area (Å²) in [5, 5.41) is 8.83. The van der Waals surface area contributed by atoms with Crippen LogP contribution in [0, 0.1) is 26.8 Å². The maximum absolute atomic E-state index is 13.7. The summed E-state index contributed by atoms with van der Waals surface area (Å²) >= 11 is 1.20. The smallest absolute Gasteiger partial charge is 0.335 e. The molecule has 0 saturated carbocycles. The van der Waals surface area contributed by atoms with E-state index >= 15 is 0 Å². The highest BCUT2D eigenvalue weighted by molar-refractivity contribution is 14.1. The van der Waals surface area contributed by atoms with E-state index in [4.69, 9.17) is 14.6 Å². The van der Waals surface area contributed by atoms with Crippen LogP contribution >= 0.6 is 22.6 Å². The lowest BCUT2D eigenvalue weighted by Gasteiger charge is -2.10. The Labute approximate surface area is 185 Å². The number of halogens is 5. The van der Waals surface area contributed by atoms with Gasteiger partial charge in [-0.3, -0.25) is 0 Å². The maximum Gasteiger partial charge on any atom is 0.335 e. The van der Waals surface area contributed by atoms with E-state index in [1.54, 1.807) is 12.1 Å². The Morgan fingerprint density at radius 3 is 1.73 bits per heavy atom. The second-order valence-electron chi connectivity index (χ2n) is 6.55. The van der Waals surface area contributed by atoms with Gasteiger partial charge >= 0.3 is 5.97 Å². The topological polar surface area (TPSA) is 55.8 Å². The predicted molar refractivity (Wildman–Crippen MR) is 111 cm³/mol. The van der Waals surface area contributed by atoms with Crippen molar-refractivity contribution in [2.45, 2.75) is 38.5 Å². The number of hydrogen-bond donors (Lipinski definition) is 1. The Kier molecular flexibility index (Phi) is 9.67. The van der Waals surface area contributed by atoms with Gasteiger partial charge in [-0.2, -0.15) is 8.78 Å². The SMILES string of the molecule is O=C(O)c1ccc(OCCCCCCCCOc2c(F)c(F)c(I)c(F)c2F)cc1. The van der Waals surface area contributed by atoms with E-state index in [-0.39, 0.29) is 12.2 Å². The van der Waals surface area contributed by atoms with Gasteiger partial charge in [-0.1, -0.05) is 25.7 Å². The third-order valence-corrected chi connectivity index (χ3v) is 5.27. The van der Waals surface area contributed by atoms with Gasteiger partial charge in [-0.25, -0.2) is 13.6 Å². The van der Waals surface area contributed by atoms with Gasteiger partial charge in [0.15, 0.2) is 17.4 Å². The van der Waals surface area contributed by atoms with Crippen molar-refractivity contribution in [2.24, 2.45) is 0 Å². The lowest BCUT2D eigenvalue weighted by molar-refractivity contribution is 0.0697. The summed E-state index contributed by atoms with van der Waals surface area (Å²) in [6.45, 7) is 0.473. The fourth-order valence-electron chi connectivity index (χ4n) is 2.68. The van der Waals surface area contributed by atoms with Crippen LogP contribution in [0.15, 0.2) is 24.3 Å². The average molecular weight is 540 g/mol. The second kappa shape index (κ2) is 12.0. The van der Waals surface area contributed by atoms with E-state index in [0.29, 0.717) is 18.8 Å². The lowest BCUT2D eigenvalue weighted by atomic mass is 10.1. The molecule has 0 aromatic heterocycles. The zero-order valence-corrected chi connectivity index (χ0v) is 18.2. The molecule has 4 nitrogen and oxygen atoms in total. The molecule has 2 aromatic carbocycles. The molecule has 164 valence electrons. The molecule has 0 saturated heterocycles. The summed E-state index contributed by atoms with van der Waals surface area (Å²) in [6, 6.07) is 6.19. The molecule has 2 aromatic rings. The first-order valence-corrected chi connectivity index (χ1v) is 10.5. The Morgan fingerprint density at radius 1 is 0.767 bits per heavy atom. The van der Waals surface area contributed by atoms with Crippen molar-refractivity contribution >= 4 is 28.6 Å². The highest BCUT2D eigenvalue weighted by atomic mass is 127. The molecule has 0 atom stereocenters. The van der Waals surface area contributed by atoms with Crippen LogP contribution in [-0.4, -0.2) is 24.3 Å². The van der Waals surface area contributed by atoms with Gasteiger partial charge in [0, 0.05) is 0 Å². The van der Waals surface area contributed by atoms with Crippen molar-refractivity contribution in [1.29, 1.82) is 0 Å². The first kappa shape index (κ1) is 24.2. The number of ether oxygens (including phenoxy) is 2. The van der Waals surface area contributed by atoms with Crippen molar-refractivity contribution in [3.63, 3.8) is 0 Å². The van der Waals surface area contributed by atoms with Crippen molar-refractivity contribution in [1.82, 2.24) is 0 Å². The number of hydrogen-bond acceptors (Lipinski definition) is 3. The molecule has 0 aliphatic carbocycles. The fraction of sp³-hybridized carbons (Fsp3) is 0.381. The van der Waals surface area contributed by atoms with E-state index < -0.39 is 38.6 Å². The summed E-state index contributed by atoms with van der Waals surface area (Å²) < 4.78 is 64.0. The highest BCUT2D eigenvalue weighted by Crippen LogP contribution is 2.30. The van der Waals surface area contributed by atoms with Crippen LogP contribution in [0.5, 0.6) is 11.5 Å². The molecule has 0 spiro atoms. The molecular formula is C21H21F4IO4. The van der Waals surface area contributed by atoms with E-state index in [0.717, 1.165) is 32.1 Å². The number of rotatable bonds is 12. The van der Waals surface area contributed by atoms with Crippen LogP contribution in [0.3, 0.4) is 0 Å². The lowest BCUT2D eigenvalue weighted by Crippen LogP contribution is -2.07. The zero-order valence-electron chi connectivity index (χ0n) is 16.0. The minimum atomic E-state index is -1.52. The van der Waals surface area contributed by atoms with E-state index in [1.807, 2.05) is 0 Å². The van der Waals surface area contributed by atoms with Crippen molar-refractivity contribution in [3.8, 4) is 11.5 Å². The summed E-state index contributed by atoms with van der Waals surface area (Å²) in [4.78, 5) is 10.8. The van der Waals surface area contributed by atoms with Crippen LogP contribution in [-0.2, 0) is 0 Å². The number of aromatic carboxylic acids is 1. The molecule has 2 rings (SSSR count). The Hall–Kier alpha value is -2.04. The highest BCUT2D eigenvalue weighted by Gasteiger charge is 2.25. The fourth-order valence-corrected chi connectivity index (χ4v) is 3.15. The van der Waals surface area contributed by atoms with Gasteiger partial charge in [0.05, 0.1) is 22.3 Å². The molecule has 0 radical (unpaired) electrons. The minimum Gasteiger partial charge on any atom is -0.494 e. The van der Waals surface area contributed by atoms with Gasteiger partial charge in [0.25, 0.3) is 0 Å².